The lowest BCUT2D eigenvalue weighted by atomic mass is 9.82. The van der Waals surface area contributed by atoms with E-state index in [2.05, 4.69) is 170 Å². The summed E-state index contributed by atoms with van der Waals surface area (Å²) in [4.78, 5) is 2.45. The molecule has 0 heterocycles. The maximum Gasteiger partial charge on any atom is 0.0775 e. The summed E-state index contributed by atoms with van der Waals surface area (Å²) in [6.45, 7) is 12.0. The highest BCUT2D eigenvalue weighted by molar-refractivity contribution is 9.10. The fourth-order valence-electron chi connectivity index (χ4n) is 6.61. The number of fused-ring (bicyclic) bond motifs is 6. The second-order valence-electron chi connectivity index (χ2n) is 12.8. The number of rotatable bonds is 4. The lowest BCUT2D eigenvalue weighted by Crippen LogP contribution is -2.37. The standard InChI is InChI=1S/C38H34BrNSi/c1-38(2)33-23-27(19-22-32(33)37-31-15-9-8-14-30(31)35(39)24-34(37)38)40(26-17-20-28(21-18-26)41(3,4)5)36-16-10-12-25-11-6-7-13-29(25)36/h6-24H,1-5H3. The van der Waals surface area contributed by atoms with Gasteiger partial charge in [0.2, 0.25) is 0 Å². The first-order valence-electron chi connectivity index (χ1n) is 14.4. The van der Waals surface area contributed by atoms with E-state index in [9.17, 15) is 0 Å². The van der Waals surface area contributed by atoms with Crippen LogP contribution < -0.4 is 10.1 Å². The molecule has 3 heteroatoms. The number of benzene rings is 6. The van der Waals surface area contributed by atoms with Crippen molar-refractivity contribution in [2.24, 2.45) is 0 Å². The summed E-state index contributed by atoms with van der Waals surface area (Å²) in [5.41, 5.74) is 8.90. The van der Waals surface area contributed by atoms with Gasteiger partial charge in [-0.3, -0.25) is 0 Å². The molecule has 0 unspecified atom stereocenters. The molecule has 0 saturated carbocycles. The van der Waals surface area contributed by atoms with E-state index in [-0.39, 0.29) is 5.41 Å². The number of nitrogens with zero attached hydrogens (tertiary/aromatic N) is 1. The van der Waals surface area contributed by atoms with Gasteiger partial charge in [-0.25, -0.2) is 0 Å². The molecule has 0 atom stereocenters. The zero-order valence-electron chi connectivity index (χ0n) is 24.3. The minimum absolute atomic E-state index is 0.126. The van der Waals surface area contributed by atoms with Crippen LogP contribution in [-0.2, 0) is 5.41 Å². The van der Waals surface area contributed by atoms with Gasteiger partial charge in [0.1, 0.15) is 0 Å². The van der Waals surface area contributed by atoms with Crippen molar-refractivity contribution in [1.29, 1.82) is 0 Å². The van der Waals surface area contributed by atoms with Crippen molar-refractivity contribution in [2.45, 2.75) is 38.9 Å². The van der Waals surface area contributed by atoms with Gasteiger partial charge in [-0.15, -0.1) is 0 Å². The first-order valence-corrected chi connectivity index (χ1v) is 18.7. The molecule has 1 aliphatic rings. The molecular formula is C38H34BrNSi. The van der Waals surface area contributed by atoms with Crippen LogP contribution in [0.25, 0.3) is 32.7 Å². The van der Waals surface area contributed by atoms with Gasteiger partial charge < -0.3 is 4.90 Å². The molecule has 0 fully saturated rings. The minimum atomic E-state index is -1.41. The Bertz CT molecular complexity index is 1960. The Balaban J connectivity index is 1.46. The minimum Gasteiger partial charge on any atom is -0.310 e. The summed E-state index contributed by atoms with van der Waals surface area (Å²) in [6.07, 6.45) is 0. The first-order chi connectivity index (χ1) is 19.6. The molecule has 0 spiro atoms. The third kappa shape index (κ3) is 4.17. The van der Waals surface area contributed by atoms with Crippen molar-refractivity contribution in [3.8, 4) is 11.1 Å². The zero-order chi connectivity index (χ0) is 28.5. The Morgan fingerprint density at radius 2 is 1.24 bits per heavy atom. The van der Waals surface area contributed by atoms with E-state index in [1.54, 1.807) is 0 Å². The summed E-state index contributed by atoms with van der Waals surface area (Å²) in [5, 5.41) is 6.55. The van der Waals surface area contributed by atoms with E-state index in [0.717, 1.165) is 4.47 Å². The monoisotopic (exact) mass is 611 g/mol. The van der Waals surface area contributed by atoms with Crippen LogP contribution in [0.5, 0.6) is 0 Å². The largest absolute Gasteiger partial charge is 0.310 e. The summed E-state index contributed by atoms with van der Waals surface area (Å²) in [5.74, 6) is 0. The average molecular weight is 613 g/mol. The molecule has 41 heavy (non-hydrogen) atoms. The predicted octanol–water partition coefficient (Wildman–Crippen LogP) is 11.1. The SMILES string of the molecule is CC1(C)c2cc(N(c3ccc([Si](C)(C)C)cc3)c3cccc4ccccc34)ccc2-c2c1cc(Br)c1ccccc21. The smallest absolute Gasteiger partial charge is 0.0775 e. The van der Waals surface area contributed by atoms with Crippen molar-refractivity contribution in [3.63, 3.8) is 0 Å². The van der Waals surface area contributed by atoms with Crippen molar-refractivity contribution >= 4 is 67.8 Å². The van der Waals surface area contributed by atoms with Crippen molar-refractivity contribution in [1.82, 2.24) is 0 Å². The fraction of sp³-hybridized carbons (Fsp3) is 0.158. The molecule has 6 aromatic carbocycles. The molecule has 0 N–H and O–H groups in total. The Labute approximate surface area is 252 Å². The third-order valence-corrected chi connectivity index (χ3v) is 11.6. The highest BCUT2D eigenvalue weighted by atomic mass is 79.9. The normalized spacial score (nSPS) is 13.8. The van der Waals surface area contributed by atoms with E-state index < -0.39 is 8.07 Å². The van der Waals surface area contributed by atoms with Gasteiger partial charge in [0.25, 0.3) is 0 Å². The Morgan fingerprint density at radius 1 is 0.610 bits per heavy atom. The summed E-state index contributed by atoms with van der Waals surface area (Å²) in [7, 11) is -1.41. The van der Waals surface area contributed by atoms with Crippen LogP contribution in [0, 0.1) is 0 Å². The van der Waals surface area contributed by atoms with Gasteiger partial charge in [-0.2, -0.15) is 0 Å². The molecule has 1 nitrogen and oxygen atoms in total. The predicted molar refractivity (Wildman–Crippen MR) is 184 cm³/mol. The maximum absolute atomic E-state index is 3.88. The molecule has 202 valence electrons. The Kier molecular flexibility index (Phi) is 6.04. The van der Waals surface area contributed by atoms with Crippen LogP contribution in [0.15, 0.2) is 120 Å². The van der Waals surface area contributed by atoms with Gasteiger partial charge in [0.05, 0.1) is 13.8 Å². The maximum atomic E-state index is 3.88. The molecule has 1 aliphatic carbocycles. The molecule has 0 amide bonds. The Morgan fingerprint density at radius 3 is 1.98 bits per heavy atom. The highest BCUT2D eigenvalue weighted by Crippen LogP contribution is 2.54. The Hall–Kier alpha value is -3.66. The molecule has 0 bridgehead atoms. The van der Waals surface area contributed by atoms with Crippen molar-refractivity contribution < 1.29 is 0 Å². The molecule has 6 aromatic rings. The van der Waals surface area contributed by atoms with Crippen LogP contribution in [0.1, 0.15) is 25.0 Å². The van der Waals surface area contributed by atoms with Crippen molar-refractivity contribution in [3.05, 3.63) is 131 Å². The lowest BCUT2D eigenvalue weighted by Gasteiger charge is -2.29. The van der Waals surface area contributed by atoms with E-state index in [1.807, 2.05) is 0 Å². The average Bonchev–Trinajstić information content (AvgIpc) is 3.19. The third-order valence-electron chi connectivity index (χ3n) is 8.87. The number of hydrogen-bond donors (Lipinski definition) is 0. The molecule has 0 radical (unpaired) electrons. The highest BCUT2D eigenvalue weighted by Gasteiger charge is 2.37. The van der Waals surface area contributed by atoms with E-state index in [4.69, 9.17) is 0 Å². The van der Waals surface area contributed by atoms with Crippen LogP contribution in [-0.4, -0.2) is 8.07 Å². The topological polar surface area (TPSA) is 3.24 Å². The summed E-state index contributed by atoms with van der Waals surface area (Å²) >= 11 is 3.88. The van der Waals surface area contributed by atoms with E-state index in [0.29, 0.717) is 0 Å². The van der Waals surface area contributed by atoms with Gasteiger partial charge >= 0.3 is 0 Å². The second kappa shape index (κ2) is 9.44. The van der Waals surface area contributed by atoms with E-state index >= 15 is 0 Å². The molecule has 0 aromatic heterocycles. The van der Waals surface area contributed by atoms with E-state index in [1.165, 1.54) is 66.0 Å². The van der Waals surface area contributed by atoms with Gasteiger partial charge in [-0.05, 0) is 74.8 Å². The van der Waals surface area contributed by atoms with Crippen LogP contribution in [0.4, 0.5) is 17.1 Å². The summed E-state index contributed by atoms with van der Waals surface area (Å²) in [6, 6.07) is 42.9. The summed E-state index contributed by atoms with van der Waals surface area (Å²) < 4.78 is 1.16. The number of anilines is 3. The molecule has 7 rings (SSSR count). The number of halogens is 1. The fourth-order valence-corrected chi connectivity index (χ4v) is 8.35. The van der Waals surface area contributed by atoms with Gasteiger partial charge in [-0.1, -0.05) is 133 Å². The number of hydrogen-bond acceptors (Lipinski definition) is 1. The quantitative estimate of drug-likeness (QED) is 0.179. The van der Waals surface area contributed by atoms with Gasteiger partial charge in [0, 0.05) is 26.6 Å². The molecule has 0 saturated heterocycles. The first kappa shape index (κ1) is 26.2. The van der Waals surface area contributed by atoms with Crippen LogP contribution in [0.2, 0.25) is 19.6 Å². The lowest BCUT2D eigenvalue weighted by molar-refractivity contribution is 0.660. The zero-order valence-corrected chi connectivity index (χ0v) is 26.9. The molecule has 0 aliphatic heterocycles. The second-order valence-corrected chi connectivity index (χ2v) is 18.7. The molecular weight excluding hydrogens is 578 g/mol. The van der Waals surface area contributed by atoms with Crippen LogP contribution in [0.3, 0.4) is 0 Å². The van der Waals surface area contributed by atoms with Gasteiger partial charge in [0.15, 0.2) is 0 Å². The van der Waals surface area contributed by atoms with Crippen LogP contribution >= 0.6 is 15.9 Å². The van der Waals surface area contributed by atoms with Crippen molar-refractivity contribution in [2.75, 3.05) is 4.90 Å².